The van der Waals surface area contributed by atoms with Gasteiger partial charge in [0.05, 0.1) is 0 Å². The number of nitrogens with one attached hydrogen (secondary N) is 1. The van der Waals surface area contributed by atoms with Crippen molar-refractivity contribution < 1.29 is 4.74 Å². The molecule has 0 aromatic heterocycles. The van der Waals surface area contributed by atoms with Crippen LogP contribution in [0.2, 0.25) is 0 Å². The second-order valence-corrected chi connectivity index (χ2v) is 6.51. The number of nitrogens with zero attached hydrogens (tertiary/aromatic N) is 1. The molecule has 0 radical (unpaired) electrons. The molecule has 3 nitrogen and oxygen atoms in total. The number of fused-ring (bicyclic) bond motifs is 1. The molecule has 3 unspecified atom stereocenters. The molecule has 1 saturated heterocycles. The van der Waals surface area contributed by atoms with Crippen molar-refractivity contribution in [2.24, 2.45) is 0 Å². The maximum Gasteiger partial charge on any atom is 0.123 e. The Balaban J connectivity index is 1.49. The number of piperidine rings is 1. The van der Waals surface area contributed by atoms with Gasteiger partial charge in [0.25, 0.3) is 0 Å². The zero-order valence-electron chi connectivity index (χ0n) is 12.9. The summed E-state index contributed by atoms with van der Waals surface area (Å²) in [7, 11) is 2.22. The van der Waals surface area contributed by atoms with Crippen molar-refractivity contribution >= 4 is 0 Å². The van der Waals surface area contributed by atoms with Gasteiger partial charge in [-0.25, -0.2) is 0 Å². The molecule has 3 rings (SSSR count). The normalized spacial score (nSPS) is 30.1. The van der Waals surface area contributed by atoms with E-state index >= 15 is 0 Å². The van der Waals surface area contributed by atoms with E-state index in [4.69, 9.17) is 4.74 Å². The van der Waals surface area contributed by atoms with Crippen LogP contribution in [0.3, 0.4) is 0 Å². The summed E-state index contributed by atoms with van der Waals surface area (Å²) in [6, 6.07) is 7.84. The molecule has 3 atom stereocenters. The first-order valence-corrected chi connectivity index (χ1v) is 7.81. The summed E-state index contributed by atoms with van der Waals surface area (Å²) in [5.74, 6) is 1.08. The van der Waals surface area contributed by atoms with E-state index in [1.807, 2.05) is 0 Å². The number of benzene rings is 1. The van der Waals surface area contributed by atoms with Gasteiger partial charge in [-0.1, -0.05) is 17.7 Å². The topological polar surface area (TPSA) is 24.5 Å². The molecule has 1 aromatic carbocycles. The van der Waals surface area contributed by atoms with Crippen LogP contribution in [-0.4, -0.2) is 43.2 Å². The molecule has 2 heterocycles. The smallest absolute Gasteiger partial charge is 0.123 e. The first-order chi connectivity index (χ1) is 9.61. The molecule has 1 aromatic rings. The highest BCUT2D eigenvalue weighted by Crippen LogP contribution is 2.29. The van der Waals surface area contributed by atoms with Crippen LogP contribution in [0.4, 0.5) is 0 Å². The monoisotopic (exact) mass is 274 g/mol. The fourth-order valence-electron chi connectivity index (χ4n) is 3.34. The van der Waals surface area contributed by atoms with E-state index in [0.29, 0.717) is 18.2 Å². The highest BCUT2D eigenvalue weighted by atomic mass is 16.5. The fraction of sp³-hybridized carbons (Fsp3) is 0.647. The van der Waals surface area contributed by atoms with Crippen molar-refractivity contribution in [2.45, 2.75) is 51.3 Å². The van der Waals surface area contributed by atoms with Crippen molar-refractivity contribution in [3.8, 4) is 5.75 Å². The Bertz CT molecular complexity index is 474. The number of hydrogen-bond donors (Lipinski definition) is 1. The fourth-order valence-corrected chi connectivity index (χ4v) is 3.34. The Morgan fingerprint density at radius 1 is 1.40 bits per heavy atom. The predicted molar refractivity (Wildman–Crippen MR) is 82.4 cm³/mol. The quantitative estimate of drug-likeness (QED) is 0.916. The number of aryl methyl sites for hydroxylation is 1. The minimum absolute atomic E-state index is 0.307. The van der Waals surface area contributed by atoms with Gasteiger partial charge >= 0.3 is 0 Å². The van der Waals surface area contributed by atoms with Crippen LogP contribution in [-0.2, 0) is 6.42 Å². The van der Waals surface area contributed by atoms with E-state index in [2.05, 4.69) is 49.3 Å². The van der Waals surface area contributed by atoms with Gasteiger partial charge in [-0.15, -0.1) is 0 Å². The van der Waals surface area contributed by atoms with Crippen LogP contribution in [0.25, 0.3) is 0 Å². The lowest BCUT2D eigenvalue weighted by Gasteiger charge is -2.35. The summed E-state index contributed by atoms with van der Waals surface area (Å²) in [5.41, 5.74) is 2.69. The van der Waals surface area contributed by atoms with Crippen LogP contribution < -0.4 is 10.1 Å². The van der Waals surface area contributed by atoms with Crippen molar-refractivity contribution in [3.63, 3.8) is 0 Å². The Kier molecular flexibility index (Phi) is 3.99. The third-order valence-electron chi connectivity index (χ3n) is 4.80. The van der Waals surface area contributed by atoms with E-state index in [9.17, 15) is 0 Å². The lowest BCUT2D eigenvalue weighted by molar-refractivity contribution is 0.155. The summed E-state index contributed by atoms with van der Waals surface area (Å²) >= 11 is 0. The Labute approximate surface area is 122 Å². The Morgan fingerprint density at radius 3 is 3.05 bits per heavy atom. The molecular formula is C17H26N2O. The second kappa shape index (κ2) is 5.74. The molecule has 0 bridgehead atoms. The number of ether oxygens (including phenoxy) is 1. The molecule has 2 aliphatic heterocycles. The van der Waals surface area contributed by atoms with Gasteiger partial charge in [0, 0.05) is 25.0 Å². The van der Waals surface area contributed by atoms with Crippen LogP contribution >= 0.6 is 0 Å². The Morgan fingerprint density at radius 2 is 2.25 bits per heavy atom. The highest BCUT2D eigenvalue weighted by Gasteiger charge is 2.26. The van der Waals surface area contributed by atoms with Gasteiger partial charge in [-0.05, 0) is 51.9 Å². The molecule has 3 heteroatoms. The molecule has 0 amide bonds. The average molecular weight is 274 g/mol. The van der Waals surface area contributed by atoms with E-state index in [1.54, 1.807) is 0 Å². The number of likely N-dealkylation sites (tertiary alicyclic amines) is 1. The lowest BCUT2D eigenvalue weighted by atomic mass is 9.98. The highest BCUT2D eigenvalue weighted by molar-refractivity contribution is 5.40. The average Bonchev–Trinajstić information content (AvgIpc) is 2.82. The molecule has 2 aliphatic rings. The first-order valence-electron chi connectivity index (χ1n) is 7.81. The predicted octanol–water partition coefficient (Wildman–Crippen LogP) is 2.37. The van der Waals surface area contributed by atoms with Crippen LogP contribution in [0.5, 0.6) is 5.75 Å². The third-order valence-corrected chi connectivity index (χ3v) is 4.80. The Hall–Kier alpha value is -1.06. The molecular weight excluding hydrogens is 248 g/mol. The van der Waals surface area contributed by atoms with Gasteiger partial charge in [-0.2, -0.15) is 0 Å². The maximum atomic E-state index is 6.03. The van der Waals surface area contributed by atoms with Crippen LogP contribution in [0, 0.1) is 6.92 Å². The van der Waals surface area contributed by atoms with Crippen LogP contribution in [0.1, 0.15) is 30.9 Å². The van der Waals surface area contributed by atoms with Gasteiger partial charge in [0.2, 0.25) is 0 Å². The zero-order valence-corrected chi connectivity index (χ0v) is 12.9. The van der Waals surface area contributed by atoms with Crippen molar-refractivity contribution in [2.75, 3.05) is 20.1 Å². The molecule has 1 fully saturated rings. The van der Waals surface area contributed by atoms with E-state index < -0.39 is 0 Å². The van der Waals surface area contributed by atoms with Gasteiger partial charge < -0.3 is 15.0 Å². The van der Waals surface area contributed by atoms with E-state index in [0.717, 1.165) is 18.7 Å². The lowest BCUT2D eigenvalue weighted by Crippen LogP contribution is -2.47. The van der Waals surface area contributed by atoms with Gasteiger partial charge in [0.15, 0.2) is 0 Å². The first kappa shape index (κ1) is 13.9. The minimum Gasteiger partial charge on any atom is -0.488 e. The second-order valence-electron chi connectivity index (χ2n) is 6.51. The summed E-state index contributed by atoms with van der Waals surface area (Å²) in [6.45, 7) is 6.63. The molecule has 0 spiro atoms. The molecule has 0 aliphatic carbocycles. The summed E-state index contributed by atoms with van der Waals surface area (Å²) in [5, 5.41) is 3.71. The standard InChI is InChI=1S/C17H26N2O/c1-12-4-5-17-14(8-12)10-16(20-17)11-18-15-6-7-19(3)13(2)9-15/h4-5,8,13,15-16,18H,6-7,9-11H2,1-3H3. The maximum absolute atomic E-state index is 6.03. The number of rotatable bonds is 3. The molecule has 20 heavy (non-hydrogen) atoms. The third kappa shape index (κ3) is 2.99. The summed E-state index contributed by atoms with van der Waals surface area (Å²) in [4.78, 5) is 2.45. The molecule has 0 saturated carbocycles. The minimum atomic E-state index is 0.307. The van der Waals surface area contributed by atoms with E-state index in [-0.39, 0.29) is 0 Å². The SMILES string of the molecule is Cc1ccc2c(c1)CC(CNC1CCN(C)C(C)C1)O2. The summed E-state index contributed by atoms with van der Waals surface area (Å²) in [6.07, 6.45) is 3.85. The van der Waals surface area contributed by atoms with Crippen molar-refractivity contribution in [1.29, 1.82) is 0 Å². The molecule has 1 N–H and O–H groups in total. The zero-order chi connectivity index (χ0) is 14.1. The summed E-state index contributed by atoms with van der Waals surface area (Å²) < 4.78 is 6.03. The van der Waals surface area contributed by atoms with E-state index in [1.165, 1.54) is 30.5 Å². The van der Waals surface area contributed by atoms with Gasteiger partial charge in [-0.3, -0.25) is 0 Å². The molecule has 110 valence electrons. The van der Waals surface area contributed by atoms with Gasteiger partial charge in [0.1, 0.15) is 11.9 Å². The van der Waals surface area contributed by atoms with Crippen LogP contribution in [0.15, 0.2) is 18.2 Å². The van der Waals surface area contributed by atoms with Crippen molar-refractivity contribution in [1.82, 2.24) is 10.2 Å². The van der Waals surface area contributed by atoms with Crippen molar-refractivity contribution in [3.05, 3.63) is 29.3 Å². The number of hydrogen-bond acceptors (Lipinski definition) is 3. The largest absolute Gasteiger partial charge is 0.488 e.